The molecule has 0 aliphatic carbocycles. The van der Waals surface area contributed by atoms with Gasteiger partial charge in [-0.3, -0.25) is 29.5 Å². The van der Waals surface area contributed by atoms with Crippen molar-refractivity contribution in [1.29, 1.82) is 0 Å². The summed E-state index contributed by atoms with van der Waals surface area (Å²) in [5.41, 5.74) is 0.194. The van der Waals surface area contributed by atoms with Gasteiger partial charge in [0.15, 0.2) is 0 Å². The topological polar surface area (TPSA) is 137 Å². The summed E-state index contributed by atoms with van der Waals surface area (Å²) in [6.45, 7) is 2.09. The number of aromatic hydroxyl groups is 1. The van der Waals surface area contributed by atoms with Crippen molar-refractivity contribution >= 4 is 17.5 Å². The van der Waals surface area contributed by atoms with E-state index in [2.05, 4.69) is 10.6 Å². The van der Waals surface area contributed by atoms with Gasteiger partial charge in [0.05, 0.1) is 31.2 Å². The van der Waals surface area contributed by atoms with E-state index in [4.69, 9.17) is 4.74 Å². The van der Waals surface area contributed by atoms with Gasteiger partial charge in [0.25, 0.3) is 5.69 Å². The standard InChI is InChI=1S/C18H27N5O6/c1-21-3-5-29-6-4-22(2)12-17(25)20-10-14-8-15(23(27)28)7-13(18(14)26)9-19-16(24)11-21/h7-8,26H,3-6,9-12H2,1-2H3,(H,19,24)(H,20,25). The third kappa shape index (κ3) is 7.29. The lowest BCUT2D eigenvalue weighted by molar-refractivity contribution is -0.385. The van der Waals surface area contributed by atoms with Gasteiger partial charge in [0.2, 0.25) is 11.8 Å². The maximum Gasteiger partial charge on any atom is 0.270 e. The highest BCUT2D eigenvalue weighted by atomic mass is 16.6. The van der Waals surface area contributed by atoms with Crippen LogP contribution >= 0.6 is 0 Å². The lowest BCUT2D eigenvalue weighted by atomic mass is 10.1. The second kappa shape index (κ2) is 10.7. The van der Waals surface area contributed by atoms with Crippen LogP contribution in [0, 0.1) is 10.1 Å². The van der Waals surface area contributed by atoms with Crippen LogP contribution in [0.3, 0.4) is 0 Å². The molecule has 0 radical (unpaired) electrons. The highest BCUT2D eigenvalue weighted by molar-refractivity contribution is 5.78. The zero-order valence-electron chi connectivity index (χ0n) is 16.6. The Morgan fingerprint density at radius 2 is 1.45 bits per heavy atom. The number of phenols is 1. The normalized spacial score (nSPS) is 19.0. The Kier molecular flexibility index (Phi) is 8.31. The Hall–Kier alpha value is -2.76. The first-order valence-corrected chi connectivity index (χ1v) is 9.23. The number of hydrogen-bond acceptors (Lipinski definition) is 8. The molecule has 2 rings (SSSR count). The number of nitrogens with zero attached hydrogens (tertiary/aromatic N) is 3. The minimum Gasteiger partial charge on any atom is -0.507 e. The van der Waals surface area contributed by atoms with Gasteiger partial charge in [-0.2, -0.15) is 0 Å². The van der Waals surface area contributed by atoms with Crippen molar-refractivity contribution in [3.8, 4) is 5.75 Å². The summed E-state index contributed by atoms with van der Waals surface area (Å²) in [6, 6.07) is 2.43. The van der Waals surface area contributed by atoms with Crippen molar-refractivity contribution in [2.24, 2.45) is 0 Å². The molecule has 0 saturated carbocycles. The molecule has 0 saturated heterocycles. The smallest absolute Gasteiger partial charge is 0.270 e. The molecule has 1 aliphatic heterocycles. The second-order valence-corrected chi connectivity index (χ2v) is 7.01. The Bertz CT molecular complexity index is 705. The van der Waals surface area contributed by atoms with Gasteiger partial charge in [-0.05, 0) is 14.1 Å². The molecule has 0 aromatic heterocycles. The molecule has 1 aliphatic rings. The Labute approximate surface area is 168 Å². The summed E-state index contributed by atoms with van der Waals surface area (Å²) >= 11 is 0. The van der Waals surface area contributed by atoms with E-state index >= 15 is 0 Å². The van der Waals surface area contributed by atoms with Crippen LogP contribution < -0.4 is 10.6 Å². The number of hydrogen-bond donors (Lipinski definition) is 3. The zero-order chi connectivity index (χ0) is 21.4. The minimum absolute atomic E-state index is 0.0691. The molecular formula is C18H27N5O6. The number of carbonyl (C=O) groups is 2. The molecule has 3 N–H and O–H groups in total. The average molecular weight is 409 g/mol. The molecule has 1 heterocycles. The first-order valence-electron chi connectivity index (χ1n) is 9.23. The molecular weight excluding hydrogens is 382 g/mol. The lowest BCUT2D eigenvalue weighted by Gasteiger charge is -2.19. The number of amides is 2. The van der Waals surface area contributed by atoms with Gasteiger partial charge in [-0.15, -0.1) is 0 Å². The number of nitro groups is 1. The SMILES string of the molecule is CN1CCOCCN(C)CC(=O)NCc2cc([N+](=O)[O-])cc(c2O)CNC(=O)C1. The third-order valence-corrected chi connectivity index (χ3v) is 4.48. The van der Waals surface area contributed by atoms with Crippen LogP contribution in [0.15, 0.2) is 12.1 Å². The van der Waals surface area contributed by atoms with E-state index in [-0.39, 0.29) is 60.6 Å². The highest BCUT2D eigenvalue weighted by Gasteiger charge is 2.18. The molecule has 2 amide bonds. The molecule has 11 heteroatoms. The molecule has 2 bridgehead atoms. The van der Waals surface area contributed by atoms with Crippen molar-refractivity contribution in [2.45, 2.75) is 13.1 Å². The van der Waals surface area contributed by atoms with Crippen LogP contribution in [0.5, 0.6) is 5.75 Å². The molecule has 1 aromatic rings. The predicted octanol–water partition coefficient (Wildman–Crippen LogP) is -0.573. The summed E-state index contributed by atoms with van der Waals surface area (Å²) in [5, 5.41) is 27.0. The number of likely N-dealkylation sites (N-methyl/N-ethyl adjacent to an activating group) is 2. The maximum atomic E-state index is 12.1. The molecule has 0 fully saturated rings. The third-order valence-electron chi connectivity index (χ3n) is 4.48. The van der Waals surface area contributed by atoms with Gasteiger partial charge in [-0.1, -0.05) is 0 Å². The van der Waals surface area contributed by atoms with E-state index in [0.717, 1.165) is 0 Å². The maximum absolute atomic E-state index is 12.1. The number of non-ortho nitro benzene ring substituents is 1. The van der Waals surface area contributed by atoms with Crippen LogP contribution in [0.4, 0.5) is 5.69 Å². The average Bonchev–Trinajstić information content (AvgIpc) is 2.64. The van der Waals surface area contributed by atoms with Gasteiger partial charge in [0, 0.05) is 49.4 Å². The van der Waals surface area contributed by atoms with E-state index < -0.39 is 4.92 Å². The fourth-order valence-electron chi connectivity index (χ4n) is 2.81. The van der Waals surface area contributed by atoms with E-state index in [1.807, 2.05) is 0 Å². The number of nitrogens with one attached hydrogen (secondary N) is 2. The second-order valence-electron chi connectivity index (χ2n) is 7.01. The van der Waals surface area contributed by atoms with Gasteiger partial charge in [0.1, 0.15) is 5.75 Å². The molecule has 160 valence electrons. The first kappa shape index (κ1) is 22.5. The van der Waals surface area contributed by atoms with E-state index in [9.17, 15) is 24.8 Å². The van der Waals surface area contributed by atoms with Crippen molar-refractivity contribution in [1.82, 2.24) is 20.4 Å². The van der Waals surface area contributed by atoms with E-state index in [0.29, 0.717) is 26.3 Å². The number of ether oxygens (including phenoxy) is 1. The number of fused-ring (bicyclic) bond motifs is 2. The van der Waals surface area contributed by atoms with E-state index in [1.54, 1.807) is 23.9 Å². The monoisotopic (exact) mass is 409 g/mol. The Morgan fingerprint density at radius 3 is 1.86 bits per heavy atom. The van der Waals surface area contributed by atoms with Gasteiger partial charge < -0.3 is 20.5 Å². The largest absolute Gasteiger partial charge is 0.507 e. The fourth-order valence-corrected chi connectivity index (χ4v) is 2.81. The Balaban J connectivity index is 2.22. The van der Waals surface area contributed by atoms with Crippen LogP contribution in [0.25, 0.3) is 0 Å². The first-order chi connectivity index (χ1) is 13.8. The quantitative estimate of drug-likeness (QED) is 0.414. The van der Waals surface area contributed by atoms with Gasteiger partial charge >= 0.3 is 0 Å². The summed E-state index contributed by atoms with van der Waals surface area (Å²) in [6.07, 6.45) is 0. The zero-order valence-corrected chi connectivity index (χ0v) is 16.6. The fraction of sp³-hybridized carbons (Fsp3) is 0.556. The lowest BCUT2D eigenvalue weighted by Crippen LogP contribution is -2.38. The van der Waals surface area contributed by atoms with Crippen LogP contribution in [0.1, 0.15) is 11.1 Å². The van der Waals surface area contributed by atoms with Crippen LogP contribution in [0.2, 0.25) is 0 Å². The highest BCUT2D eigenvalue weighted by Crippen LogP contribution is 2.28. The molecule has 11 nitrogen and oxygen atoms in total. The predicted molar refractivity (Wildman–Crippen MR) is 104 cm³/mol. The molecule has 0 atom stereocenters. The Morgan fingerprint density at radius 1 is 1.00 bits per heavy atom. The minimum atomic E-state index is -0.580. The van der Waals surface area contributed by atoms with Crippen LogP contribution in [-0.4, -0.2) is 85.1 Å². The van der Waals surface area contributed by atoms with Gasteiger partial charge in [-0.25, -0.2) is 0 Å². The summed E-state index contributed by atoms with van der Waals surface area (Å²) in [7, 11) is 3.56. The molecule has 0 spiro atoms. The van der Waals surface area contributed by atoms with Crippen molar-refractivity contribution in [2.75, 3.05) is 53.5 Å². The summed E-state index contributed by atoms with van der Waals surface area (Å²) in [5.74, 6) is -0.754. The molecule has 1 aromatic carbocycles. The summed E-state index contributed by atoms with van der Waals surface area (Å²) < 4.78 is 5.53. The van der Waals surface area contributed by atoms with Crippen molar-refractivity contribution in [3.63, 3.8) is 0 Å². The number of phenolic OH excluding ortho intramolecular Hbond substituents is 1. The van der Waals surface area contributed by atoms with Crippen LogP contribution in [-0.2, 0) is 27.4 Å². The number of nitro benzene ring substituents is 1. The molecule has 0 unspecified atom stereocenters. The molecule has 29 heavy (non-hydrogen) atoms. The number of benzene rings is 1. The van der Waals surface area contributed by atoms with E-state index in [1.165, 1.54) is 12.1 Å². The summed E-state index contributed by atoms with van der Waals surface area (Å²) in [4.78, 5) is 38.5. The van der Waals surface area contributed by atoms with Crippen molar-refractivity contribution in [3.05, 3.63) is 33.4 Å². The van der Waals surface area contributed by atoms with Crippen molar-refractivity contribution < 1.29 is 24.4 Å². The number of carbonyl (C=O) groups excluding carboxylic acids is 2. The number of rotatable bonds is 1.